The summed E-state index contributed by atoms with van der Waals surface area (Å²) in [6.45, 7) is 0. The molecule has 1 fully saturated rings. The molecule has 0 radical (unpaired) electrons. The highest BCUT2D eigenvalue weighted by Gasteiger charge is 2.37. The topological polar surface area (TPSA) is 60.2 Å². The number of hydrogen-bond acceptors (Lipinski definition) is 3. The largest absolute Gasteiger partial charge is 0.433 e. The van der Waals surface area contributed by atoms with E-state index in [1.54, 1.807) is 0 Å². The Labute approximate surface area is 186 Å². The fourth-order valence-corrected chi connectivity index (χ4v) is 3.89. The van der Waals surface area contributed by atoms with Gasteiger partial charge in [-0.25, -0.2) is 4.79 Å². The molecular weight excluding hydrogens is 450 g/mol. The molecule has 5 nitrogen and oxygen atoms in total. The van der Waals surface area contributed by atoms with Gasteiger partial charge in [0.15, 0.2) is 0 Å². The van der Waals surface area contributed by atoms with Crippen molar-refractivity contribution in [2.75, 3.05) is 16.8 Å². The Morgan fingerprint density at radius 2 is 1.67 bits per heavy atom. The first kappa shape index (κ1) is 24.4. The second kappa shape index (κ2) is 9.29. The second-order valence-corrected chi connectivity index (χ2v) is 7.74. The molecule has 0 atom stereocenters. The Kier molecular flexibility index (Phi) is 6.86. The summed E-state index contributed by atoms with van der Waals surface area (Å²) in [5, 5.41) is 9.06. The molecule has 2 amide bonds. The molecule has 3 rings (SSSR count). The number of anilines is 2. The predicted octanol–water partition coefficient (Wildman–Crippen LogP) is 6.39. The fourth-order valence-electron chi connectivity index (χ4n) is 3.89. The van der Waals surface area contributed by atoms with E-state index in [0.717, 1.165) is 42.5 Å². The number of halogens is 6. The number of pyridine rings is 1. The lowest BCUT2D eigenvalue weighted by atomic mass is 9.93. The monoisotopic (exact) mass is 470 g/mol. The summed E-state index contributed by atoms with van der Waals surface area (Å²) >= 11 is 0. The van der Waals surface area contributed by atoms with Crippen LogP contribution in [0.3, 0.4) is 0 Å². The van der Waals surface area contributed by atoms with Gasteiger partial charge in [-0.1, -0.05) is 19.3 Å². The fraction of sp³-hybridized carbons (Fsp3) is 0.409. The number of amides is 2. The first-order chi connectivity index (χ1) is 15.4. The van der Waals surface area contributed by atoms with Crippen molar-refractivity contribution in [2.45, 2.75) is 50.5 Å². The second-order valence-electron chi connectivity index (χ2n) is 7.74. The van der Waals surface area contributed by atoms with E-state index < -0.39 is 41.2 Å². The van der Waals surface area contributed by atoms with Crippen LogP contribution in [0.25, 0.3) is 0 Å². The van der Waals surface area contributed by atoms with Crippen molar-refractivity contribution >= 4 is 17.4 Å². The maximum atomic E-state index is 13.5. The van der Waals surface area contributed by atoms with Crippen LogP contribution in [-0.2, 0) is 12.4 Å². The molecule has 1 aromatic carbocycles. The van der Waals surface area contributed by atoms with Crippen molar-refractivity contribution in [1.29, 1.82) is 5.26 Å². The Balaban J connectivity index is 2.05. The van der Waals surface area contributed by atoms with Crippen molar-refractivity contribution < 1.29 is 31.1 Å². The van der Waals surface area contributed by atoms with E-state index in [4.69, 9.17) is 5.26 Å². The lowest BCUT2D eigenvalue weighted by molar-refractivity contribution is -0.141. The molecule has 0 bridgehead atoms. The average molecular weight is 470 g/mol. The van der Waals surface area contributed by atoms with Gasteiger partial charge in [-0.3, -0.25) is 14.8 Å². The highest BCUT2D eigenvalue weighted by molar-refractivity contribution is 6.03. The highest BCUT2D eigenvalue weighted by Crippen LogP contribution is 2.37. The summed E-state index contributed by atoms with van der Waals surface area (Å²) in [5.74, 6) is 0. The summed E-state index contributed by atoms with van der Waals surface area (Å²) in [6.07, 6.45) is -5.14. The van der Waals surface area contributed by atoms with Gasteiger partial charge < -0.3 is 0 Å². The molecular formula is C22H20F6N4O. The number of nitriles is 1. The molecule has 1 aliphatic rings. The van der Waals surface area contributed by atoms with Gasteiger partial charge in [0.25, 0.3) is 0 Å². The van der Waals surface area contributed by atoms with Crippen LogP contribution in [0.5, 0.6) is 0 Å². The van der Waals surface area contributed by atoms with Crippen LogP contribution < -0.4 is 9.80 Å². The van der Waals surface area contributed by atoms with Crippen molar-refractivity contribution in [1.82, 2.24) is 4.98 Å². The third-order valence-corrected chi connectivity index (χ3v) is 5.56. The zero-order valence-electron chi connectivity index (χ0n) is 17.5. The zero-order valence-corrected chi connectivity index (χ0v) is 17.5. The van der Waals surface area contributed by atoms with Crippen LogP contribution >= 0.6 is 0 Å². The summed E-state index contributed by atoms with van der Waals surface area (Å²) in [4.78, 5) is 18.8. The van der Waals surface area contributed by atoms with E-state index in [2.05, 4.69) is 4.98 Å². The summed E-state index contributed by atoms with van der Waals surface area (Å²) in [7, 11) is 1.25. The van der Waals surface area contributed by atoms with Crippen LogP contribution in [0, 0.1) is 11.3 Å². The highest BCUT2D eigenvalue weighted by atomic mass is 19.4. The number of nitrogens with zero attached hydrogens (tertiary/aromatic N) is 4. The van der Waals surface area contributed by atoms with E-state index in [0.29, 0.717) is 18.9 Å². The number of carbonyl (C=O) groups is 1. The quantitative estimate of drug-likeness (QED) is 0.489. The van der Waals surface area contributed by atoms with Crippen LogP contribution in [0.4, 0.5) is 42.5 Å². The Morgan fingerprint density at radius 3 is 2.24 bits per heavy atom. The number of benzene rings is 1. The van der Waals surface area contributed by atoms with Crippen LogP contribution in [0.1, 0.15) is 48.9 Å². The third-order valence-electron chi connectivity index (χ3n) is 5.56. The third kappa shape index (κ3) is 5.38. The van der Waals surface area contributed by atoms with Gasteiger partial charge in [-0.05, 0) is 43.2 Å². The lowest BCUT2D eigenvalue weighted by Crippen LogP contribution is -2.48. The van der Waals surface area contributed by atoms with E-state index in [9.17, 15) is 31.1 Å². The van der Waals surface area contributed by atoms with Gasteiger partial charge in [-0.2, -0.15) is 31.6 Å². The zero-order chi connectivity index (χ0) is 24.4. The molecule has 33 heavy (non-hydrogen) atoms. The van der Waals surface area contributed by atoms with Crippen molar-refractivity contribution in [3.63, 3.8) is 0 Å². The molecule has 0 N–H and O–H groups in total. The van der Waals surface area contributed by atoms with Crippen molar-refractivity contribution in [3.8, 4) is 6.07 Å². The molecule has 0 spiro atoms. The van der Waals surface area contributed by atoms with Gasteiger partial charge in [0.2, 0.25) is 0 Å². The Hall–Kier alpha value is -3.29. The summed E-state index contributed by atoms with van der Waals surface area (Å²) < 4.78 is 79.8. The normalized spacial score (nSPS) is 15.1. The first-order valence-corrected chi connectivity index (χ1v) is 10.1. The van der Waals surface area contributed by atoms with Crippen LogP contribution in [-0.4, -0.2) is 24.1 Å². The van der Waals surface area contributed by atoms with E-state index >= 15 is 0 Å². The van der Waals surface area contributed by atoms with Gasteiger partial charge >= 0.3 is 18.4 Å². The van der Waals surface area contributed by atoms with E-state index in [1.165, 1.54) is 30.1 Å². The average Bonchev–Trinajstić information content (AvgIpc) is 2.78. The molecule has 1 aliphatic carbocycles. The molecule has 1 aromatic heterocycles. The molecule has 0 aliphatic heterocycles. The minimum Gasteiger partial charge on any atom is -0.297 e. The van der Waals surface area contributed by atoms with Crippen LogP contribution in [0.15, 0.2) is 36.5 Å². The molecule has 1 saturated carbocycles. The molecule has 0 saturated heterocycles. The first-order valence-electron chi connectivity index (χ1n) is 10.1. The molecule has 1 heterocycles. The van der Waals surface area contributed by atoms with E-state index in [1.807, 2.05) is 0 Å². The SMILES string of the molecule is CN(C(=O)N(c1ccc(C#N)c(C(F)(F)F)c1)C1CCCCC1)c1ccnc(C(F)(F)F)c1. The molecule has 2 aromatic rings. The molecule has 176 valence electrons. The van der Waals surface area contributed by atoms with Crippen molar-refractivity contribution in [2.24, 2.45) is 0 Å². The minimum atomic E-state index is -4.82. The Bertz CT molecular complexity index is 1050. The minimum absolute atomic E-state index is 0.0739. The Morgan fingerprint density at radius 1 is 1.00 bits per heavy atom. The number of carbonyl (C=O) groups excluding carboxylic acids is 1. The standard InChI is InChI=1S/C22H20F6N4O/c1-31(16-9-10-30-19(12-16)22(26,27)28)20(33)32(15-5-3-2-4-6-15)17-8-7-14(13-29)18(11-17)21(23,24)25/h7-12,15H,2-6H2,1H3. The van der Waals surface area contributed by atoms with Gasteiger partial charge in [0.1, 0.15) is 5.69 Å². The molecule has 11 heteroatoms. The van der Waals surface area contributed by atoms with Gasteiger partial charge in [0.05, 0.1) is 17.2 Å². The number of hydrogen-bond donors (Lipinski definition) is 0. The van der Waals surface area contributed by atoms with Crippen LogP contribution in [0.2, 0.25) is 0 Å². The maximum Gasteiger partial charge on any atom is 0.433 e. The van der Waals surface area contributed by atoms with Gasteiger partial charge in [0, 0.05) is 30.7 Å². The summed E-state index contributed by atoms with van der Waals surface area (Å²) in [6, 6.07) is 5.19. The van der Waals surface area contributed by atoms with Gasteiger partial charge in [-0.15, -0.1) is 0 Å². The van der Waals surface area contributed by atoms with Crippen molar-refractivity contribution in [3.05, 3.63) is 53.3 Å². The number of rotatable bonds is 3. The lowest BCUT2D eigenvalue weighted by Gasteiger charge is -2.37. The molecule has 0 unspecified atom stereocenters. The predicted molar refractivity (Wildman–Crippen MR) is 109 cm³/mol. The number of aromatic nitrogens is 1. The number of alkyl halides is 6. The maximum absolute atomic E-state index is 13.5. The number of urea groups is 1. The smallest absolute Gasteiger partial charge is 0.297 e. The van der Waals surface area contributed by atoms with E-state index in [-0.39, 0.29) is 11.4 Å². The summed E-state index contributed by atoms with van der Waals surface area (Å²) in [5.41, 5.74) is -3.13.